The fourth-order valence-corrected chi connectivity index (χ4v) is 2.70. The van der Waals surface area contributed by atoms with E-state index in [9.17, 15) is 4.79 Å². The molecule has 1 rings (SSSR count). The summed E-state index contributed by atoms with van der Waals surface area (Å²) in [7, 11) is 0. The van der Waals surface area contributed by atoms with Crippen molar-refractivity contribution in [3.8, 4) is 0 Å². The van der Waals surface area contributed by atoms with Gasteiger partial charge in [0.25, 0.3) is 0 Å². The van der Waals surface area contributed by atoms with Crippen LogP contribution in [-0.2, 0) is 9.53 Å². The molecule has 2 heteroatoms. The number of hydrogen-bond donors (Lipinski definition) is 0. The predicted octanol–water partition coefficient (Wildman–Crippen LogP) is 4.12. The number of carbonyl (C=O) groups is 1. The van der Waals surface area contributed by atoms with Crippen LogP contribution in [0.4, 0.5) is 0 Å². The SMILES string of the molecule is C=CCOC(=O)C(=C)C1CCC(C(C)(C)C)CC1. The second-order valence-corrected chi connectivity index (χ2v) is 6.33. The fraction of sp³-hybridized carbons (Fsp3) is 0.688. The lowest BCUT2D eigenvalue weighted by Gasteiger charge is -2.37. The highest BCUT2D eigenvalue weighted by atomic mass is 16.5. The Bertz CT molecular complexity index is 314. The summed E-state index contributed by atoms with van der Waals surface area (Å²) in [5.74, 6) is 0.806. The van der Waals surface area contributed by atoms with Gasteiger partial charge in [-0.2, -0.15) is 0 Å². The van der Waals surface area contributed by atoms with Gasteiger partial charge >= 0.3 is 5.97 Å². The highest BCUT2D eigenvalue weighted by Crippen LogP contribution is 2.41. The summed E-state index contributed by atoms with van der Waals surface area (Å²) >= 11 is 0. The maximum atomic E-state index is 11.7. The quantitative estimate of drug-likeness (QED) is 0.426. The van der Waals surface area contributed by atoms with Gasteiger partial charge < -0.3 is 4.74 Å². The summed E-state index contributed by atoms with van der Waals surface area (Å²) in [6.07, 6.45) is 6.07. The van der Waals surface area contributed by atoms with Gasteiger partial charge in [0.15, 0.2) is 0 Å². The van der Waals surface area contributed by atoms with Gasteiger partial charge in [-0.3, -0.25) is 0 Å². The molecule has 18 heavy (non-hydrogen) atoms. The Morgan fingerprint density at radius 1 is 1.28 bits per heavy atom. The Morgan fingerprint density at radius 3 is 2.28 bits per heavy atom. The Labute approximate surface area is 111 Å². The Hall–Kier alpha value is -1.05. The van der Waals surface area contributed by atoms with Crippen LogP contribution in [0.2, 0.25) is 0 Å². The molecule has 0 aromatic heterocycles. The van der Waals surface area contributed by atoms with Crippen molar-refractivity contribution in [1.82, 2.24) is 0 Å². The smallest absolute Gasteiger partial charge is 0.333 e. The first-order valence-electron chi connectivity index (χ1n) is 6.83. The molecule has 0 bridgehead atoms. The van der Waals surface area contributed by atoms with Crippen molar-refractivity contribution in [3.63, 3.8) is 0 Å². The normalized spacial score (nSPS) is 24.4. The van der Waals surface area contributed by atoms with Crippen molar-refractivity contribution in [1.29, 1.82) is 0 Å². The van der Waals surface area contributed by atoms with Gasteiger partial charge in [-0.25, -0.2) is 4.79 Å². The monoisotopic (exact) mass is 250 g/mol. The lowest BCUT2D eigenvalue weighted by molar-refractivity contribution is -0.138. The predicted molar refractivity (Wildman–Crippen MR) is 75.2 cm³/mol. The van der Waals surface area contributed by atoms with Gasteiger partial charge in [0.2, 0.25) is 0 Å². The van der Waals surface area contributed by atoms with E-state index in [1.807, 2.05) is 0 Å². The lowest BCUT2D eigenvalue weighted by atomic mass is 9.68. The first-order valence-corrected chi connectivity index (χ1v) is 6.83. The van der Waals surface area contributed by atoms with E-state index in [1.165, 1.54) is 12.8 Å². The average molecular weight is 250 g/mol. The summed E-state index contributed by atoms with van der Waals surface area (Å²) in [6, 6.07) is 0. The zero-order chi connectivity index (χ0) is 13.8. The molecule has 1 aliphatic carbocycles. The van der Waals surface area contributed by atoms with Gasteiger partial charge in [0, 0.05) is 5.57 Å². The van der Waals surface area contributed by atoms with Crippen molar-refractivity contribution < 1.29 is 9.53 Å². The highest BCUT2D eigenvalue weighted by molar-refractivity contribution is 5.88. The first kappa shape index (κ1) is 15.0. The topological polar surface area (TPSA) is 26.3 Å². The Morgan fingerprint density at radius 2 is 1.83 bits per heavy atom. The molecule has 0 spiro atoms. The van der Waals surface area contributed by atoms with Gasteiger partial charge in [-0.1, -0.05) is 40.0 Å². The number of carbonyl (C=O) groups excluding carboxylic acids is 1. The highest BCUT2D eigenvalue weighted by Gasteiger charge is 2.32. The van der Waals surface area contributed by atoms with E-state index >= 15 is 0 Å². The number of rotatable bonds is 4. The summed E-state index contributed by atoms with van der Waals surface area (Å²) < 4.78 is 5.04. The van der Waals surface area contributed by atoms with E-state index in [-0.39, 0.29) is 12.6 Å². The molecule has 1 fully saturated rings. The summed E-state index contributed by atoms with van der Waals surface area (Å²) in [6.45, 7) is 14.6. The molecule has 0 atom stereocenters. The minimum atomic E-state index is -0.255. The molecule has 2 nitrogen and oxygen atoms in total. The number of esters is 1. The zero-order valence-electron chi connectivity index (χ0n) is 12.0. The molecule has 0 aromatic rings. The van der Waals surface area contributed by atoms with Crippen molar-refractivity contribution in [2.45, 2.75) is 46.5 Å². The van der Waals surface area contributed by atoms with Crippen LogP contribution in [0.15, 0.2) is 24.8 Å². The van der Waals surface area contributed by atoms with Crippen LogP contribution in [0.25, 0.3) is 0 Å². The van der Waals surface area contributed by atoms with Crippen LogP contribution in [-0.4, -0.2) is 12.6 Å². The molecule has 102 valence electrons. The molecular weight excluding hydrogens is 224 g/mol. The molecule has 0 aliphatic heterocycles. The van der Waals surface area contributed by atoms with E-state index in [1.54, 1.807) is 6.08 Å². The summed E-state index contributed by atoms with van der Waals surface area (Å²) in [5.41, 5.74) is 1.01. The number of hydrogen-bond acceptors (Lipinski definition) is 2. The molecule has 0 radical (unpaired) electrons. The van der Waals surface area contributed by atoms with Crippen LogP contribution >= 0.6 is 0 Å². The van der Waals surface area contributed by atoms with E-state index in [4.69, 9.17) is 4.74 Å². The second kappa shape index (κ2) is 6.21. The van der Waals surface area contributed by atoms with Crippen molar-refractivity contribution in [3.05, 3.63) is 24.8 Å². The van der Waals surface area contributed by atoms with Crippen LogP contribution in [0.5, 0.6) is 0 Å². The molecule has 0 heterocycles. The van der Waals surface area contributed by atoms with Crippen LogP contribution < -0.4 is 0 Å². The third-order valence-electron chi connectivity index (χ3n) is 4.04. The first-order chi connectivity index (χ1) is 8.36. The van der Waals surface area contributed by atoms with Crippen LogP contribution in [0.1, 0.15) is 46.5 Å². The maximum Gasteiger partial charge on any atom is 0.333 e. The largest absolute Gasteiger partial charge is 0.458 e. The lowest BCUT2D eigenvalue weighted by Crippen LogP contribution is -2.28. The van der Waals surface area contributed by atoms with Crippen molar-refractivity contribution >= 4 is 5.97 Å². The molecule has 1 aliphatic rings. The van der Waals surface area contributed by atoms with Gasteiger partial charge in [0.05, 0.1) is 0 Å². The average Bonchev–Trinajstić information content (AvgIpc) is 2.34. The van der Waals surface area contributed by atoms with Crippen molar-refractivity contribution in [2.75, 3.05) is 6.61 Å². The van der Waals surface area contributed by atoms with E-state index in [0.29, 0.717) is 16.9 Å². The van der Waals surface area contributed by atoms with Crippen molar-refractivity contribution in [2.24, 2.45) is 17.3 Å². The van der Waals surface area contributed by atoms with E-state index in [0.717, 1.165) is 18.8 Å². The number of ether oxygens (including phenoxy) is 1. The standard InChI is InChI=1S/C16H26O2/c1-6-11-18-15(17)12(2)13-7-9-14(10-8-13)16(3,4)5/h6,13-14H,1-2,7-11H2,3-5H3. The Balaban J connectivity index is 2.45. The van der Waals surface area contributed by atoms with Crippen LogP contribution in [0.3, 0.4) is 0 Å². The third-order valence-corrected chi connectivity index (χ3v) is 4.04. The second-order valence-electron chi connectivity index (χ2n) is 6.33. The third kappa shape index (κ3) is 4.01. The zero-order valence-corrected chi connectivity index (χ0v) is 12.0. The molecule has 0 amide bonds. The minimum Gasteiger partial charge on any atom is -0.458 e. The molecule has 0 N–H and O–H groups in total. The maximum absolute atomic E-state index is 11.7. The van der Waals surface area contributed by atoms with E-state index < -0.39 is 0 Å². The summed E-state index contributed by atoms with van der Waals surface area (Å²) in [4.78, 5) is 11.7. The fourth-order valence-electron chi connectivity index (χ4n) is 2.70. The summed E-state index contributed by atoms with van der Waals surface area (Å²) in [5, 5.41) is 0. The van der Waals surface area contributed by atoms with Crippen LogP contribution in [0, 0.1) is 17.3 Å². The van der Waals surface area contributed by atoms with E-state index in [2.05, 4.69) is 33.9 Å². The van der Waals surface area contributed by atoms with Gasteiger partial charge in [0.1, 0.15) is 6.61 Å². The molecule has 1 saturated carbocycles. The molecule has 0 aromatic carbocycles. The molecule has 0 saturated heterocycles. The molecule has 0 unspecified atom stereocenters. The van der Waals surface area contributed by atoms with Gasteiger partial charge in [-0.05, 0) is 42.9 Å². The molecular formula is C16H26O2. The van der Waals surface area contributed by atoms with Gasteiger partial charge in [-0.15, -0.1) is 0 Å². The Kier molecular flexibility index (Phi) is 5.18. The minimum absolute atomic E-state index is 0.255.